The summed E-state index contributed by atoms with van der Waals surface area (Å²) in [6, 6.07) is 7.19. The van der Waals surface area contributed by atoms with Gasteiger partial charge in [-0.15, -0.1) is 0 Å². The molecule has 0 unspecified atom stereocenters. The number of carbonyl (C=O) groups is 1. The van der Waals surface area contributed by atoms with Crippen molar-refractivity contribution in [2.24, 2.45) is 5.41 Å². The molecule has 1 aromatic rings. The monoisotopic (exact) mass is 238 g/mol. The Labute approximate surface area is 109 Å². The maximum absolute atomic E-state index is 12.8. The first kappa shape index (κ1) is 7.17. The van der Waals surface area contributed by atoms with Crippen molar-refractivity contribution in [3.05, 3.63) is 35.4 Å². The van der Waals surface area contributed by atoms with Crippen LogP contribution in [0.15, 0.2) is 24.3 Å². The number of amides is 1. The Kier molecular flexibility index (Phi) is 1.89. The van der Waals surface area contributed by atoms with Crippen LogP contribution in [0.3, 0.4) is 0 Å². The normalized spacial score (nSPS) is 22.6. The Morgan fingerprint density at radius 3 is 2.59 bits per heavy atom. The average molecular weight is 238 g/mol. The summed E-state index contributed by atoms with van der Waals surface area (Å²) in [5, 5.41) is 0.912. The van der Waals surface area contributed by atoms with Gasteiger partial charge in [0, 0.05) is 13.9 Å². The largest absolute Gasteiger partial charge is 0.275 e. The smallest absolute Gasteiger partial charge is 0.252 e. The maximum atomic E-state index is 12.8. The highest BCUT2D eigenvalue weighted by Crippen LogP contribution is 2.40. The summed E-state index contributed by atoms with van der Waals surface area (Å²) in [5.41, 5.74) is -0.103. The highest BCUT2D eigenvalue weighted by Gasteiger charge is 2.43. The lowest BCUT2D eigenvalue weighted by atomic mass is 9.81. The predicted octanol–water partition coefficient (Wildman–Crippen LogP) is 2.20. The lowest BCUT2D eigenvalue weighted by Gasteiger charge is -2.29. The van der Waals surface area contributed by atoms with E-state index in [1.54, 1.807) is 24.3 Å². The molecule has 1 aromatic carbocycles. The molecule has 3 heteroatoms. The zero-order chi connectivity index (χ0) is 16.8. The summed E-state index contributed by atoms with van der Waals surface area (Å²) in [6.45, 7) is -2.92. The third-order valence-corrected chi connectivity index (χ3v) is 3.31. The molecular weight excluding hydrogens is 214 g/mol. The van der Waals surface area contributed by atoms with Crippen LogP contribution in [0.5, 0.6) is 0 Å². The minimum Gasteiger partial charge on any atom is -0.275 e. The van der Waals surface area contributed by atoms with Crippen molar-refractivity contribution in [3.8, 4) is 0 Å². The van der Waals surface area contributed by atoms with E-state index < -0.39 is 24.5 Å². The molecule has 92 valence electrons. The van der Waals surface area contributed by atoms with Crippen LogP contribution in [-0.2, 0) is 22.5 Å². The summed E-state index contributed by atoms with van der Waals surface area (Å²) in [7, 11) is 2.65. The molecule has 1 aliphatic carbocycles. The van der Waals surface area contributed by atoms with Gasteiger partial charge in [0.25, 0.3) is 5.91 Å². The van der Waals surface area contributed by atoms with E-state index in [9.17, 15) is 4.79 Å². The summed E-state index contributed by atoms with van der Waals surface area (Å²) in [4.78, 5) is 17.7. The molecule has 0 heterocycles. The molecule has 0 atom stereocenters. The zero-order valence-electron chi connectivity index (χ0n) is 15.0. The molecule has 1 amide bonds. The summed E-state index contributed by atoms with van der Waals surface area (Å²) in [5.74, 6) is -0.660. The molecular formula is C14H19NO2. The van der Waals surface area contributed by atoms with Gasteiger partial charge in [0.2, 0.25) is 0 Å². The van der Waals surface area contributed by atoms with Gasteiger partial charge < -0.3 is 0 Å². The van der Waals surface area contributed by atoms with Gasteiger partial charge in [-0.25, -0.2) is 5.06 Å². The lowest BCUT2D eigenvalue weighted by Crippen LogP contribution is -2.42. The van der Waals surface area contributed by atoms with Crippen LogP contribution in [-0.4, -0.2) is 25.1 Å². The van der Waals surface area contributed by atoms with Crippen molar-refractivity contribution in [1.82, 2.24) is 5.06 Å². The molecule has 0 bridgehead atoms. The fourth-order valence-electron chi connectivity index (χ4n) is 2.29. The molecule has 1 aliphatic rings. The SMILES string of the molecule is [2H]C([2H])([2H])C([2H])([2H])C1(C(=O)N(C)OC)Cc2ccccc2C1. The molecule has 0 saturated heterocycles. The number of fused-ring (bicyclic) bond motifs is 1. The first-order valence-corrected chi connectivity index (χ1v) is 5.46. The van der Waals surface area contributed by atoms with E-state index in [2.05, 4.69) is 0 Å². The zero-order valence-corrected chi connectivity index (χ0v) is 9.99. The van der Waals surface area contributed by atoms with Gasteiger partial charge in [0.15, 0.2) is 0 Å². The Morgan fingerprint density at radius 1 is 1.53 bits per heavy atom. The molecule has 0 aliphatic heterocycles. The number of benzene rings is 1. The topological polar surface area (TPSA) is 29.5 Å². The number of carbonyl (C=O) groups excluding carboxylic acids is 1. The van der Waals surface area contributed by atoms with E-state index in [0.717, 1.165) is 16.2 Å². The fraction of sp³-hybridized carbons (Fsp3) is 0.500. The highest BCUT2D eigenvalue weighted by molar-refractivity contribution is 5.83. The highest BCUT2D eigenvalue weighted by atomic mass is 16.7. The molecule has 0 aromatic heterocycles. The van der Waals surface area contributed by atoms with Crippen LogP contribution in [0, 0.1) is 5.41 Å². The van der Waals surface area contributed by atoms with Gasteiger partial charge in [-0.1, -0.05) is 31.1 Å². The van der Waals surface area contributed by atoms with Gasteiger partial charge in [-0.05, 0) is 30.3 Å². The Bertz CT molecular complexity index is 560. The third-order valence-electron chi connectivity index (χ3n) is 3.31. The van der Waals surface area contributed by atoms with Gasteiger partial charge in [-0.3, -0.25) is 9.63 Å². The van der Waals surface area contributed by atoms with Crippen LogP contribution in [0.1, 0.15) is 31.2 Å². The standard InChI is InChI=1S/C14H19NO2/c1-4-14(13(16)15(2)17-3)9-11-7-5-6-8-12(11)10-14/h5-8H,4,9-10H2,1-3H3/i1D3,4D2. The molecule has 2 rings (SSSR count). The van der Waals surface area contributed by atoms with Crippen LogP contribution >= 0.6 is 0 Å². The molecule has 0 radical (unpaired) electrons. The number of hydrogen-bond donors (Lipinski definition) is 0. The molecule has 0 saturated carbocycles. The first-order valence-electron chi connectivity index (χ1n) is 7.96. The molecule has 17 heavy (non-hydrogen) atoms. The molecule has 0 N–H and O–H groups in total. The van der Waals surface area contributed by atoms with Crippen LogP contribution in [0.4, 0.5) is 0 Å². The van der Waals surface area contributed by atoms with Gasteiger partial charge in [0.1, 0.15) is 0 Å². The lowest BCUT2D eigenvalue weighted by molar-refractivity contribution is -0.180. The maximum Gasteiger partial charge on any atom is 0.252 e. The molecule has 3 nitrogen and oxygen atoms in total. The second kappa shape index (κ2) is 4.49. The predicted molar refractivity (Wildman–Crippen MR) is 66.4 cm³/mol. The van der Waals surface area contributed by atoms with Crippen molar-refractivity contribution >= 4 is 5.91 Å². The number of hydroxylamine groups is 2. The summed E-state index contributed by atoms with van der Waals surface area (Å²) in [6.07, 6.45) is -2.59. The van der Waals surface area contributed by atoms with Gasteiger partial charge >= 0.3 is 0 Å². The van der Waals surface area contributed by atoms with E-state index >= 15 is 0 Å². The van der Waals surface area contributed by atoms with Gasteiger partial charge in [-0.2, -0.15) is 0 Å². The van der Waals surface area contributed by atoms with Crippen LogP contribution in [0.25, 0.3) is 0 Å². The summed E-state index contributed by atoms with van der Waals surface area (Å²) < 4.78 is 39.1. The first-order chi connectivity index (χ1) is 10.1. The summed E-state index contributed by atoms with van der Waals surface area (Å²) >= 11 is 0. The van der Waals surface area contributed by atoms with Crippen molar-refractivity contribution in [2.75, 3.05) is 14.2 Å². The van der Waals surface area contributed by atoms with Gasteiger partial charge in [0.05, 0.1) is 12.5 Å². The van der Waals surface area contributed by atoms with E-state index in [1.165, 1.54) is 14.2 Å². The van der Waals surface area contributed by atoms with Crippen molar-refractivity contribution < 1.29 is 16.5 Å². The van der Waals surface area contributed by atoms with Crippen molar-refractivity contribution in [3.63, 3.8) is 0 Å². The minimum atomic E-state index is -2.92. The van der Waals surface area contributed by atoms with E-state index in [-0.39, 0.29) is 12.8 Å². The van der Waals surface area contributed by atoms with E-state index in [0.29, 0.717) is 0 Å². The molecule has 0 fully saturated rings. The van der Waals surface area contributed by atoms with E-state index in [4.69, 9.17) is 11.7 Å². The third kappa shape index (κ3) is 1.95. The Balaban J connectivity index is 2.57. The van der Waals surface area contributed by atoms with Crippen LogP contribution < -0.4 is 0 Å². The fourth-order valence-corrected chi connectivity index (χ4v) is 2.29. The number of rotatable bonds is 3. The van der Waals surface area contributed by atoms with Crippen molar-refractivity contribution in [1.29, 1.82) is 0 Å². The average Bonchev–Trinajstić information content (AvgIpc) is 2.85. The number of hydrogen-bond acceptors (Lipinski definition) is 2. The minimum absolute atomic E-state index is 0.0428. The van der Waals surface area contributed by atoms with Crippen LogP contribution in [0.2, 0.25) is 0 Å². The second-order valence-corrected chi connectivity index (χ2v) is 4.31. The molecule has 0 spiro atoms. The quantitative estimate of drug-likeness (QED) is 0.756. The second-order valence-electron chi connectivity index (χ2n) is 4.31. The van der Waals surface area contributed by atoms with Crippen molar-refractivity contribution in [2.45, 2.75) is 26.1 Å². The number of nitrogens with zero attached hydrogens (tertiary/aromatic N) is 1. The Hall–Kier alpha value is -1.35. The Morgan fingerprint density at radius 2 is 2.12 bits per heavy atom. The van der Waals surface area contributed by atoms with E-state index in [1.807, 2.05) is 0 Å².